The van der Waals surface area contributed by atoms with E-state index in [4.69, 9.17) is 5.11 Å². The molecule has 0 unspecified atom stereocenters. The molecule has 0 amide bonds. The second-order valence-corrected chi connectivity index (χ2v) is 6.51. The maximum Gasteiger partial charge on any atom is 0.188 e. The van der Waals surface area contributed by atoms with Crippen molar-refractivity contribution in [3.63, 3.8) is 0 Å². The van der Waals surface area contributed by atoms with E-state index in [1.807, 2.05) is 25.3 Å². The van der Waals surface area contributed by atoms with E-state index in [0.717, 1.165) is 54.2 Å². The minimum absolute atomic E-state index is 0.214. The summed E-state index contributed by atoms with van der Waals surface area (Å²) in [5.74, 6) is 1.98. The molecule has 22 heavy (non-hydrogen) atoms. The molecule has 3 heterocycles. The molecule has 0 saturated carbocycles. The predicted molar refractivity (Wildman–Crippen MR) is 87.8 cm³/mol. The lowest BCUT2D eigenvalue weighted by molar-refractivity contribution is 0.220. The van der Waals surface area contributed by atoms with Gasteiger partial charge in [-0.15, -0.1) is 11.3 Å². The van der Waals surface area contributed by atoms with Crippen LogP contribution in [-0.4, -0.2) is 51.2 Å². The van der Waals surface area contributed by atoms with Crippen LogP contribution in [0.4, 0.5) is 10.9 Å². The van der Waals surface area contributed by atoms with Crippen LogP contribution in [0.25, 0.3) is 0 Å². The van der Waals surface area contributed by atoms with Crippen molar-refractivity contribution >= 4 is 22.3 Å². The van der Waals surface area contributed by atoms with Crippen molar-refractivity contribution in [2.75, 3.05) is 31.6 Å². The van der Waals surface area contributed by atoms with E-state index in [9.17, 15) is 0 Å². The van der Waals surface area contributed by atoms with Gasteiger partial charge in [-0.2, -0.15) is 0 Å². The van der Waals surface area contributed by atoms with Gasteiger partial charge < -0.3 is 15.3 Å². The number of β-amino-alcohol motifs (C(OH)–C–C–N with tert-alkyl or cyclic N) is 1. The summed E-state index contributed by atoms with van der Waals surface area (Å²) in [6.07, 6.45) is 1.08. The zero-order chi connectivity index (χ0) is 15.5. The predicted octanol–water partition coefficient (Wildman–Crippen LogP) is 2.08. The van der Waals surface area contributed by atoms with Gasteiger partial charge >= 0.3 is 0 Å². The maximum absolute atomic E-state index is 9.05. The summed E-state index contributed by atoms with van der Waals surface area (Å²) in [6.45, 7) is 6.82. The monoisotopic (exact) mass is 319 g/mol. The standard InChI is InChI=1S/C15H21N5OS/c1-10-9-22-15(16-10)19-14-7-13(17-11(2)18-14)12-3-4-20(8-12)5-6-21/h7,9,12,21H,3-6,8H2,1-2H3,(H,16,17,18,19)/t12-/m0/s1. The number of aliphatic hydroxyl groups is 1. The van der Waals surface area contributed by atoms with Gasteiger partial charge in [0, 0.05) is 30.5 Å². The van der Waals surface area contributed by atoms with Gasteiger partial charge in [-0.1, -0.05) is 0 Å². The highest BCUT2D eigenvalue weighted by atomic mass is 32.1. The van der Waals surface area contributed by atoms with E-state index in [-0.39, 0.29) is 6.61 Å². The average molecular weight is 319 g/mol. The SMILES string of the molecule is Cc1csc(Nc2cc([C@H]3CCN(CCO)C3)nc(C)n2)n1. The Bertz CT molecular complexity index is 645. The second kappa shape index (κ2) is 6.68. The summed E-state index contributed by atoms with van der Waals surface area (Å²) in [7, 11) is 0. The molecule has 7 heteroatoms. The molecule has 1 fully saturated rings. The minimum Gasteiger partial charge on any atom is -0.395 e. The molecule has 2 aromatic heterocycles. The van der Waals surface area contributed by atoms with Gasteiger partial charge in [0.2, 0.25) is 0 Å². The first-order chi connectivity index (χ1) is 10.6. The van der Waals surface area contributed by atoms with Crippen molar-refractivity contribution in [2.24, 2.45) is 0 Å². The van der Waals surface area contributed by atoms with E-state index in [1.165, 1.54) is 0 Å². The topological polar surface area (TPSA) is 74.2 Å². The van der Waals surface area contributed by atoms with E-state index in [2.05, 4.69) is 25.2 Å². The van der Waals surface area contributed by atoms with Gasteiger partial charge in [0.25, 0.3) is 0 Å². The van der Waals surface area contributed by atoms with Crippen molar-refractivity contribution in [3.8, 4) is 0 Å². The van der Waals surface area contributed by atoms with Crippen molar-refractivity contribution < 1.29 is 5.11 Å². The lowest BCUT2D eigenvalue weighted by Crippen LogP contribution is -2.24. The third-order valence-electron chi connectivity index (χ3n) is 3.82. The first kappa shape index (κ1) is 15.3. The number of nitrogens with zero attached hydrogens (tertiary/aromatic N) is 4. The quantitative estimate of drug-likeness (QED) is 0.879. The number of rotatable bonds is 5. The molecule has 0 aliphatic carbocycles. The largest absolute Gasteiger partial charge is 0.395 e. The minimum atomic E-state index is 0.214. The summed E-state index contributed by atoms with van der Waals surface area (Å²) >= 11 is 1.58. The highest BCUT2D eigenvalue weighted by Crippen LogP contribution is 2.28. The molecule has 1 aliphatic rings. The zero-order valence-corrected chi connectivity index (χ0v) is 13.7. The summed E-state index contributed by atoms with van der Waals surface area (Å²) in [5, 5.41) is 15.2. The Kier molecular flexibility index (Phi) is 4.66. The lowest BCUT2D eigenvalue weighted by Gasteiger charge is -2.15. The van der Waals surface area contributed by atoms with Crippen LogP contribution in [0.3, 0.4) is 0 Å². The van der Waals surface area contributed by atoms with Crippen LogP contribution in [0, 0.1) is 13.8 Å². The Labute approximate surface area is 134 Å². The summed E-state index contributed by atoms with van der Waals surface area (Å²) in [5.41, 5.74) is 2.08. The van der Waals surface area contributed by atoms with Crippen molar-refractivity contribution in [1.29, 1.82) is 0 Å². The van der Waals surface area contributed by atoms with Gasteiger partial charge in [0.15, 0.2) is 5.13 Å². The Morgan fingerprint density at radius 3 is 2.95 bits per heavy atom. The van der Waals surface area contributed by atoms with E-state index in [0.29, 0.717) is 5.92 Å². The van der Waals surface area contributed by atoms with Crippen molar-refractivity contribution in [1.82, 2.24) is 19.9 Å². The number of hydrogen-bond acceptors (Lipinski definition) is 7. The van der Waals surface area contributed by atoms with Gasteiger partial charge in [-0.3, -0.25) is 0 Å². The molecule has 0 aromatic carbocycles. The first-order valence-corrected chi connectivity index (χ1v) is 8.40. The number of nitrogens with one attached hydrogen (secondary N) is 1. The lowest BCUT2D eigenvalue weighted by atomic mass is 10.0. The van der Waals surface area contributed by atoms with Crippen LogP contribution in [0.1, 0.15) is 29.6 Å². The van der Waals surface area contributed by atoms with Crippen LogP contribution < -0.4 is 5.32 Å². The average Bonchev–Trinajstić information content (AvgIpc) is 3.08. The summed E-state index contributed by atoms with van der Waals surface area (Å²) in [4.78, 5) is 15.7. The molecule has 2 N–H and O–H groups in total. The number of aryl methyl sites for hydroxylation is 2. The van der Waals surface area contributed by atoms with Crippen LogP contribution >= 0.6 is 11.3 Å². The maximum atomic E-state index is 9.05. The zero-order valence-electron chi connectivity index (χ0n) is 12.9. The van der Waals surface area contributed by atoms with Crippen LogP contribution in [0.15, 0.2) is 11.4 Å². The van der Waals surface area contributed by atoms with E-state index < -0.39 is 0 Å². The Hall–Kier alpha value is -1.57. The van der Waals surface area contributed by atoms with E-state index in [1.54, 1.807) is 11.3 Å². The number of aliphatic hydroxyl groups excluding tert-OH is 1. The third kappa shape index (κ3) is 3.60. The molecule has 0 radical (unpaired) electrons. The summed E-state index contributed by atoms with van der Waals surface area (Å²) in [6, 6.07) is 2.02. The molecular formula is C15H21N5OS. The molecular weight excluding hydrogens is 298 g/mol. The van der Waals surface area contributed by atoms with Gasteiger partial charge in [-0.05, 0) is 26.8 Å². The van der Waals surface area contributed by atoms with Crippen molar-refractivity contribution in [2.45, 2.75) is 26.2 Å². The molecule has 1 atom stereocenters. The highest BCUT2D eigenvalue weighted by molar-refractivity contribution is 7.13. The molecule has 0 bridgehead atoms. The van der Waals surface area contributed by atoms with E-state index >= 15 is 0 Å². The molecule has 0 spiro atoms. The Balaban J connectivity index is 1.75. The third-order valence-corrected chi connectivity index (χ3v) is 4.69. The molecule has 6 nitrogen and oxygen atoms in total. The second-order valence-electron chi connectivity index (χ2n) is 5.65. The normalized spacial score (nSPS) is 18.8. The number of thiazole rings is 1. The van der Waals surface area contributed by atoms with Crippen LogP contribution in [0.2, 0.25) is 0 Å². The van der Waals surface area contributed by atoms with Crippen LogP contribution in [0.5, 0.6) is 0 Å². The molecule has 1 saturated heterocycles. The van der Waals surface area contributed by atoms with Crippen LogP contribution in [-0.2, 0) is 0 Å². The van der Waals surface area contributed by atoms with Gasteiger partial charge in [0.1, 0.15) is 11.6 Å². The number of aromatic nitrogens is 3. The molecule has 1 aliphatic heterocycles. The van der Waals surface area contributed by atoms with Gasteiger partial charge in [-0.25, -0.2) is 15.0 Å². The highest BCUT2D eigenvalue weighted by Gasteiger charge is 2.25. The number of likely N-dealkylation sites (tertiary alicyclic amines) is 1. The Morgan fingerprint density at radius 1 is 1.36 bits per heavy atom. The summed E-state index contributed by atoms with van der Waals surface area (Å²) < 4.78 is 0. The Morgan fingerprint density at radius 2 is 2.23 bits per heavy atom. The fourth-order valence-corrected chi connectivity index (χ4v) is 3.50. The molecule has 2 aromatic rings. The molecule has 118 valence electrons. The number of hydrogen-bond donors (Lipinski definition) is 2. The number of anilines is 2. The smallest absolute Gasteiger partial charge is 0.188 e. The molecule has 3 rings (SSSR count). The van der Waals surface area contributed by atoms with Crippen molar-refractivity contribution in [3.05, 3.63) is 28.7 Å². The first-order valence-electron chi connectivity index (χ1n) is 7.52. The van der Waals surface area contributed by atoms with Gasteiger partial charge in [0.05, 0.1) is 18.0 Å². The fraction of sp³-hybridized carbons (Fsp3) is 0.533. The fourth-order valence-electron chi connectivity index (χ4n) is 2.80.